The quantitative estimate of drug-likeness (QED) is 0.348. The summed E-state index contributed by atoms with van der Waals surface area (Å²) >= 11 is 0. The molecule has 3 aromatic rings. The van der Waals surface area contributed by atoms with E-state index in [1.165, 1.54) is 20.5 Å². The van der Waals surface area contributed by atoms with Crippen LogP contribution in [-0.2, 0) is 10.0 Å². The number of hydrogen-bond acceptors (Lipinski definition) is 12. The Balaban J connectivity index is 1.57. The molecular formula is C24H34N10O4S. The van der Waals surface area contributed by atoms with E-state index in [9.17, 15) is 8.42 Å². The fraction of sp³-hybridized carbons (Fsp3) is 0.583. The van der Waals surface area contributed by atoms with E-state index >= 15 is 0 Å². The minimum absolute atomic E-state index is 0.0265. The molecule has 0 radical (unpaired) electrons. The normalized spacial score (nSPS) is 22.6. The fourth-order valence-electron chi connectivity index (χ4n) is 5.26. The Morgan fingerprint density at radius 2 is 1.67 bits per heavy atom. The molecule has 1 aliphatic heterocycles. The van der Waals surface area contributed by atoms with Crippen molar-refractivity contribution >= 4 is 16.0 Å². The van der Waals surface area contributed by atoms with Crippen LogP contribution >= 0.6 is 0 Å². The van der Waals surface area contributed by atoms with Crippen molar-refractivity contribution in [2.24, 2.45) is 5.92 Å². The van der Waals surface area contributed by atoms with Gasteiger partial charge in [-0.25, -0.2) is 23.8 Å². The molecule has 14 nitrogen and oxygen atoms in total. The average Bonchev–Trinajstić information content (AvgIpc) is 3.55. The molecule has 1 aliphatic carbocycles. The van der Waals surface area contributed by atoms with Crippen molar-refractivity contribution in [1.29, 1.82) is 0 Å². The third kappa shape index (κ3) is 5.13. The second kappa shape index (κ2) is 11.0. The largest absolute Gasteiger partial charge is 0.479 e. The second-order valence-electron chi connectivity index (χ2n) is 10.0. The lowest BCUT2D eigenvalue weighted by molar-refractivity contribution is 0.301. The van der Waals surface area contributed by atoms with Crippen molar-refractivity contribution < 1.29 is 17.9 Å². The molecule has 2 aliphatic rings. The molecule has 3 N–H and O–H groups in total. The lowest BCUT2D eigenvalue weighted by Crippen LogP contribution is -2.33. The molecule has 5 atom stereocenters. The van der Waals surface area contributed by atoms with Crippen LogP contribution in [0.3, 0.4) is 0 Å². The number of aryl methyl sites for hydroxylation is 1. The molecular weight excluding hydrogens is 524 g/mol. The van der Waals surface area contributed by atoms with E-state index in [1.54, 1.807) is 30.8 Å². The number of methoxy groups -OCH3 is 2. The molecule has 4 heterocycles. The summed E-state index contributed by atoms with van der Waals surface area (Å²) in [6.45, 7) is 5.26. The van der Waals surface area contributed by atoms with Crippen molar-refractivity contribution in [3.8, 4) is 17.4 Å². The summed E-state index contributed by atoms with van der Waals surface area (Å²) in [6.07, 6.45) is 8.94. The Hall–Kier alpha value is -3.43. The molecule has 3 unspecified atom stereocenters. The molecule has 39 heavy (non-hydrogen) atoms. The van der Waals surface area contributed by atoms with Crippen molar-refractivity contribution in [3.63, 3.8) is 0 Å². The summed E-state index contributed by atoms with van der Waals surface area (Å²) in [5.41, 5.74) is 7.92. The van der Waals surface area contributed by atoms with Gasteiger partial charge in [-0.3, -0.25) is 14.7 Å². The zero-order chi connectivity index (χ0) is 27.7. The Kier molecular flexibility index (Phi) is 7.64. The Bertz CT molecular complexity index is 1390. The molecule has 2 fully saturated rings. The van der Waals surface area contributed by atoms with Gasteiger partial charge in [0.25, 0.3) is 0 Å². The van der Waals surface area contributed by atoms with Crippen LogP contribution in [0.4, 0.5) is 5.95 Å². The van der Waals surface area contributed by atoms with Crippen molar-refractivity contribution in [2.45, 2.75) is 69.7 Å². The van der Waals surface area contributed by atoms with Gasteiger partial charge in [0, 0.05) is 24.4 Å². The van der Waals surface area contributed by atoms with E-state index in [-0.39, 0.29) is 35.7 Å². The highest BCUT2D eigenvalue weighted by Gasteiger charge is 2.42. The summed E-state index contributed by atoms with van der Waals surface area (Å²) in [7, 11) is -1.05. The number of nitrogens with one attached hydrogen (secondary N) is 3. The van der Waals surface area contributed by atoms with E-state index in [0.29, 0.717) is 17.3 Å². The molecule has 0 aromatic carbocycles. The van der Waals surface area contributed by atoms with Crippen LogP contribution in [0.15, 0.2) is 18.7 Å². The molecule has 3 aromatic heterocycles. The van der Waals surface area contributed by atoms with Gasteiger partial charge in [0.15, 0.2) is 11.5 Å². The number of anilines is 1. The van der Waals surface area contributed by atoms with Crippen molar-refractivity contribution in [2.75, 3.05) is 18.9 Å². The maximum Gasteiger partial charge on any atom is 0.245 e. The molecule has 210 valence electrons. The van der Waals surface area contributed by atoms with E-state index in [2.05, 4.69) is 45.7 Å². The minimum Gasteiger partial charge on any atom is -0.479 e. The molecule has 0 bridgehead atoms. The monoisotopic (exact) mass is 558 g/mol. The number of ether oxygens (including phenoxy) is 2. The van der Waals surface area contributed by atoms with Crippen LogP contribution in [0.2, 0.25) is 0 Å². The number of hydrazine groups is 1. The van der Waals surface area contributed by atoms with Gasteiger partial charge < -0.3 is 9.47 Å². The van der Waals surface area contributed by atoms with Gasteiger partial charge >= 0.3 is 0 Å². The maximum absolute atomic E-state index is 13.7. The van der Waals surface area contributed by atoms with Crippen molar-refractivity contribution in [1.82, 2.24) is 45.6 Å². The average molecular weight is 559 g/mol. The summed E-state index contributed by atoms with van der Waals surface area (Å²) in [5.74, 6) is 1.01. The van der Waals surface area contributed by atoms with Crippen LogP contribution in [0, 0.1) is 12.8 Å². The highest BCUT2D eigenvalue weighted by atomic mass is 32.2. The highest BCUT2D eigenvalue weighted by Crippen LogP contribution is 2.41. The summed E-state index contributed by atoms with van der Waals surface area (Å²) in [5, 5.41) is 7.87. The standard InChI is InChI=1S/C24H34N10O4S/c1-13-10-25-20(26-11-13)14(2)15(3)39(35,36)33-24-32-31-21(18-16-8-6-7-9-17(16)29-30-18)34(24)19-22(37-4)27-12-28-23(19)38-5/h10-12,14-18,29-30H,6-9H2,1-5H3,(H,32,33)/t14-,15-,16?,17?,18?/m0/s1. The number of nitrogens with zero attached hydrogens (tertiary/aromatic N) is 7. The molecule has 1 saturated heterocycles. The number of rotatable bonds is 9. The fourth-order valence-corrected chi connectivity index (χ4v) is 6.49. The summed E-state index contributed by atoms with van der Waals surface area (Å²) in [6, 6.07) is 0.0354. The topological polar surface area (TPSA) is 171 Å². The van der Waals surface area contributed by atoms with Crippen LogP contribution in [0.1, 0.15) is 68.7 Å². The first-order valence-electron chi connectivity index (χ1n) is 12.9. The van der Waals surface area contributed by atoms with Gasteiger partial charge in [0.05, 0.1) is 25.5 Å². The molecule has 0 amide bonds. The maximum atomic E-state index is 13.7. The third-order valence-electron chi connectivity index (χ3n) is 7.64. The van der Waals surface area contributed by atoms with Crippen LogP contribution in [0.5, 0.6) is 11.8 Å². The Labute approximate surface area is 227 Å². The van der Waals surface area contributed by atoms with Gasteiger partial charge in [-0.05, 0) is 38.2 Å². The van der Waals surface area contributed by atoms with E-state index in [0.717, 1.165) is 31.2 Å². The number of fused-ring (bicyclic) bond motifs is 1. The highest BCUT2D eigenvalue weighted by molar-refractivity contribution is 7.93. The SMILES string of the molecule is COc1ncnc(OC)c1-n1c(NS(=O)(=O)[C@@H](C)[C@H](C)c2ncc(C)cn2)nnc1C1NNC2CCCCC21. The van der Waals surface area contributed by atoms with Crippen LogP contribution in [0.25, 0.3) is 5.69 Å². The van der Waals surface area contributed by atoms with Crippen LogP contribution < -0.4 is 25.0 Å². The second-order valence-corrected chi connectivity index (χ2v) is 12.1. The lowest BCUT2D eigenvalue weighted by Gasteiger charge is -2.27. The van der Waals surface area contributed by atoms with E-state index in [4.69, 9.17) is 9.47 Å². The third-order valence-corrected chi connectivity index (χ3v) is 9.49. The van der Waals surface area contributed by atoms with E-state index in [1.807, 2.05) is 6.92 Å². The van der Waals surface area contributed by atoms with Gasteiger partial charge in [-0.1, -0.05) is 19.8 Å². The van der Waals surface area contributed by atoms with Crippen molar-refractivity contribution in [3.05, 3.63) is 35.9 Å². The summed E-state index contributed by atoms with van der Waals surface area (Å²) < 4.78 is 42.6. The smallest absolute Gasteiger partial charge is 0.245 e. The van der Waals surface area contributed by atoms with Gasteiger partial charge in [0.2, 0.25) is 27.7 Å². The van der Waals surface area contributed by atoms with Gasteiger partial charge in [0.1, 0.15) is 12.2 Å². The zero-order valence-corrected chi connectivity index (χ0v) is 23.4. The number of hydrogen-bond donors (Lipinski definition) is 3. The number of sulfonamides is 1. The zero-order valence-electron chi connectivity index (χ0n) is 22.6. The predicted molar refractivity (Wildman–Crippen MR) is 142 cm³/mol. The Morgan fingerprint density at radius 3 is 2.33 bits per heavy atom. The Morgan fingerprint density at radius 1 is 1.00 bits per heavy atom. The molecule has 5 rings (SSSR count). The molecule has 0 spiro atoms. The predicted octanol–water partition coefficient (Wildman–Crippen LogP) is 1.81. The molecule has 15 heteroatoms. The first-order chi connectivity index (χ1) is 18.7. The van der Waals surface area contributed by atoms with Crippen LogP contribution in [-0.4, -0.2) is 68.6 Å². The summed E-state index contributed by atoms with van der Waals surface area (Å²) in [4.78, 5) is 17.1. The van der Waals surface area contributed by atoms with Gasteiger partial charge in [-0.2, -0.15) is 9.97 Å². The lowest BCUT2D eigenvalue weighted by atomic mass is 9.81. The minimum atomic E-state index is -3.99. The van der Waals surface area contributed by atoms with E-state index < -0.39 is 21.2 Å². The first kappa shape index (κ1) is 27.1. The number of aromatic nitrogens is 7. The first-order valence-corrected chi connectivity index (χ1v) is 14.5. The molecule has 1 saturated carbocycles. The van der Waals surface area contributed by atoms with Gasteiger partial charge in [-0.15, -0.1) is 10.2 Å².